The van der Waals surface area contributed by atoms with Crippen molar-refractivity contribution in [1.29, 1.82) is 0 Å². The fourth-order valence-electron chi connectivity index (χ4n) is 2.08. The SMILES string of the molecule is CC(Nc1nc2cc(Cl)ccc2s1)c1ccc(Cl)cc1Cl. The number of rotatable bonds is 3. The van der Waals surface area contributed by atoms with Gasteiger partial charge in [-0.05, 0) is 42.8 Å². The number of hydrogen-bond donors (Lipinski definition) is 1. The summed E-state index contributed by atoms with van der Waals surface area (Å²) in [6.45, 7) is 2.04. The summed E-state index contributed by atoms with van der Waals surface area (Å²) in [4.78, 5) is 4.54. The molecule has 2 nitrogen and oxygen atoms in total. The monoisotopic (exact) mass is 356 g/mol. The molecular weight excluding hydrogens is 347 g/mol. The van der Waals surface area contributed by atoms with E-state index in [0.29, 0.717) is 15.1 Å². The molecule has 0 aliphatic carbocycles. The first-order chi connectivity index (χ1) is 10.0. The second kappa shape index (κ2) is 6.01. The van der Waals surface area contributed by atoms with Crippen LogP contribution < -0.4 is 5.32 Å². The van der Waals surface area contributed by atoms with Crippen molar-refractivity contribution in [3.63, 3.8) is 0 Å². The maximum atomic E-state index is 6.23. The Labute approximate surface area is 141 Å². The van der Waals surface area contributed by atoms with Gasteiger partial charge in [0.1, 0.15) is 0 Å². The zero-order chi connectivity index (χ0) is 15.0. The molecule has 0 radical (unpaired) electrons. The van der Waals surface area contributed by atoms with Gasteiger partial charge in [-0.2, -0.15) is 0 Å². The average Bonchev–Trinajstić information content (AvgIpc) is 2.79. The normalized spacial score (nSPS) is 12.6. The first-order valence-electron chi connectivity index (χ1n) is 6.30. The zero-order valence-corrected chi connectivity index (χ0v) is 14.1. The molecule has 0 spiro atoms. The highest BCUT2D eigenvalue weighted by atomic mass is 35.5. The molecule has 0 aliphatic heterocycles. The molecule has 0 saturated carbocycles. The molecule has 0 fully saturated rings. The Kier molecular flexibility index (Phi) is 4.27. The van der Waals surface area contributed by atoms with Gasteiger partial charge in [0.25, 0.3) is 0 Å². The standard InChI is InChI=1S/C15H11Cl3N2S/c1-8(11-4-2-9(16)6-12(11)18)19-15-20-13-7-10(17)3-5-14(13)21-15/h2-8H,1H3,(H,19,20). The van der Waals surface area contributed by atoms with E-state index < -0.39 is 0 Å². The molecule has 1 atom stereocenters. The highest BCUT2D eigenvalue weighted by Gasteiger charge is 2.12. The molecular formula is C15H11Cl3N2S. The van der Waals surface area contributed by atoms with E-state index in [1.54, 1.807) is 17.4 Å². The first-order valence-corrected chi connectivity index (χ1v) is 8.25. The third-order valence-corrected chi connectivity index (χ3v) is 4.88. The summed E-state index contributed by atoms with van der Waals surface area (Å²) >= 11 is 19.7. The van der Waals surface area contributed by atoms with Gasteiger partial charge >= 0.3 is 0 Å². The van der Waals surface area contributed by atoms with Crippen LogP contribution in [0.2, 0.25) is 15.1 Å². The van der Waals surface area contributed by atoms with Gasteiger partial charge in [-0.15, -0.1) is 0 Å². The van der Waals surface area contributed by atoms with E-state index in [4.69, 9.17) is 34.8 Å². The van der Waals surface area contributed by atoms with E-state index in [2.05, 4.69) is 10.3 Å². The summed E-state index contributed by atoms with van der Waals surface area (Å²) in [6.07, 6.45) is 0. The molecule has 6 heteroatoms. The molecule has 0 amide bonds. The molecule has 3 aromatic rings. The number of nitrogens with one attached hydrogen (secondary N) is 1. The Hall–Kier alpha value is -1.000. The average molecular weight is 358 g/mol. The Balaban J connectivity index is 1.87. The predicted octanol–water partition coefficient (Wildman–Crippen LogP) is 6.43. The summed E-state index contributed by atoms with van der Waals surface area (Å²) in [6, 6.07) is 11.2. The van der Waals surface area contributed by atoms with Gasteiger partial charge in [0.05, 0.1) is 16.3 Å². The number of hydrogen-bond acceptors (Lipinski definition) is 3. The van der Waals surface area contributed by atoms with Crippen molar-refractivity contribution >= 4 is 61.5 Å². The summed E-state index contributed by atoms with van der Waals surface area (Å²) in [5, 5.41) is 6.17. The van der Waals surface area contributed by atoms with Crippen LogP contribution in [0.5, 0.6) is 0 Å². The molecule has 21 heavy (non-hydrogen) atoms. The lowest BCUT2D eigenvalue weighted by molar-refractivity contribution is 0.883. The molecule has 2 aromatic carbocycles. The molecule has 0 saturated heterocycles. The molecule has 1 N–H and O–H groups in total. The summed E-state index contributed by atoms with van der Waals surface area (Å²) < 4.78 is 1.09. The third-order valence-electron chi connectivity index (χ3n) is 3.12. The quantitative estimate of drug-likeness (QED) is 0.584. The lowest BCUT2D eigenvalue weighted by Gasteiger charge is -2.14. The second-order valence-corrected chi connectivity index (χ2v) is 6.97. The first kappa shape index (κ1) is 14.9. The van der Waals surface area contributed by atoms with Crippen LogP contribution in [-0.4, -0.2) is 4.98 Å². The van der Waals surface area contributed by atoms with E-state index >= 15 is 0 Å². The number of fused-ring (bicyclic) bond motifs is 1. The van der Waals surface area contributed by atoms with Crippen molar-refractivity contribution in [3.8, 4) is 0 Å². The minimum atomic E-state index is 0.0331. The molecule has 3 rings (SSSR count). The van der Waals surface area contributed by atoms with Gasteiger partial charge in [-0.25, -0.2) is 4.98 Å². The largest absolute Gasteiger partial charge is 0.355 e. The van der Waals surface area contributed by atoms with Gasteiger partial charge in [0.2, 0.25) is 0 Å². The summed E-state index contributed by atoms with van der Waals surface area (Å²) in [5.74, 6) is 0. The number of aromatic nitrogens is 1. The molecule has 1 unspecified atom stereocenters. The van der Waals surface area contributed by atoms with Crippen molar-refractivity contribution in [3.05, 3.63) is 57.0 Å². The van der Waals surface area contributed by atoms with Crippen molar-refractivity contribution in [1.82, 2.24) is 4.98 Å². The lowest BCUT2D eigenvalue weighted by atomic mass is 10.1. The number of anilines is 1. The Morgan fingerprint density at radius 1 is 1.05 bits per heavy atom. The van der Waals surface area contributed by atoms with Crippen LogP contribution in [-0.2, 0) is 0 Å². The Morgan fingerprint density at radius 2 is 1.76 bits per heavy atom. The van der Waals surface area contributed by atoms with Crippen molar-refractivity contribution in [2.45, 2.75) is 13.0 Å². The molecule has 0 aliphatic rings. The minimum absolute atomic E-state index is 0.0331. The zero-order valence-electron chi connectivity index (χ0n) is 11.0. The fraction of sp³-hybridized carbons (Fsp3) is 0.133. The summed E-state index contributed by atoms with van der Waals surface area (Å²) in [5.41, 5.74) is 1.88. The smallest absolute Gasteiger partial charge is 0.184 e. The van der Waals surface area contributed by atoms with Crippen LogP contribution in [0.4, 0.5) is 5.13 Å². The highest BCUT2D eigenvalue weighted by molar-refractivity contribution is 7.22. The van der Waals surface area contributed by atoms with Crippen LogP contribution >= 0.6 is 46.1 Å². The minimum Gasteiger partial charge on any atom is -0.355 e. The number of halogens is 3. The second-order valence-electron chi connectivity index (χ2n) is 4.66. The highest BCUT2D eigenvalue weighted by Crippen LogP contribution is 2.32. The van der Waals surface area contributed by atoms with Crippen LogP contribution in [0.3, 0.4) is 0 Å². The van der Waals surface area contributed by atoms with E-state index in [1.807, 2.05) is 37.3 Å². The number of benzene rings is 2. The van der Waals surface area contributed by atoms with Gasteiger partial charge in [0, 0.05) is 15.1 Å². The van der Waals surface area contributed by atoms with Gasteiger partial charge < -0.3 is 5.32 Å². The summed E-state index contributed by atoms with van der Waals surface area (Å²) in [7, 11) is 0. The van der Waals surface area contributed by atoms with Crippen molar-refractivity contribution in [2.75, 3.05) is 5.32 Å². The number of thiazole rings is 1. The third kappa shape index (κ3) is 3.27. The Morgan fingerprint density at radius 3 is 2.52 bits per heavy atom. The van der Waals surface area contributed by atoms with E-state index in [1.165, 1.54) is 0 Å². The molecule has 1 heterocycles. The lowest BCUT2D eigenvalue weighted by Crippen LogP contribution is -2.06. The predicted molar refractivity (Wildman–Crippen MR) is 93.1 cm³/mol. The van der Waals surface area contributed by atoms with Crippen molar-refractivity contribution in [2.24, 2.45) is 0 Å². The Bertz CT molecular complexity index is 801. The van der Waals surface area contributed by atoms with Gasteiger partial charge in [-0.1, -0.05) is 52.2 Å². The number of nitrogens with zero attached hydrogens (tertiary/aromatic N) is 1. The maximum Gasteiger partial charge on any atom is 0.184 e. The van der Waals surface area contributed by atoms with Crippen LogP contribution in [0.1, 0.15) is 18.5 Å². The van der Waals surface area contributed by atoms with Gasteiger partial charge in [-0.3, -0.25) is 0 Å². The van der Waals surface area contributed by atoms with E-state index in [-0.39, 0.29) is 6.04 Å². The molecule has 1 aromatic heterocycles. The topological polar surface area (TPSA) is 24.9 Å². The van der Waals surface area contributed by atoms with Crippen LogP contribution in [0.15, 0.2) is 36.4 Å². The van der Waals surface area contributed by atoms with Crippen LogP contribution in [0, 0.1) is 0 Å². The molecule has 0 bridgehead atoms. The van der Waals surface area contributed by atoms with E-state index in [9.17, 15) is 0 Å². The maximum absolute atomic E-state index is 6.23. The van der Waals surface area contributed by atoms with E-state index in [0.717, 1.165) is 20.9 Å². The van der Waals surface area contributed by atoms with Crippen LogP contribution in [0.25, 0.3) is 10.2 Å². The fourth-order valence-corrected chi connectivity index (χ4v) is 3.75. The molecule has 108 valence electrons. The van der Waals surface area contributed by atoms with Crippen molar-refractivity contribution < 1.29 is 0 Å². The van der Waals surface area contributed by atoms with Gasteiger partial charge in [0.15, 0.2) is 5.13 Å².